The van der Waals surface area contributed by atoms with Crippen molar-refractivity contribution in [2.75, 3.05) is 18.0 Å². The molecule has 0 atom stereocenters. The maximum Gasteiger partial charge on any atom is 0.209 e. The predicted molar refractivity (Wildman–Crippen MR) is 157 cm³/mol. The summed E-state index contributed by atoms with van der Waals surface area (Å²) in [4.78, 5) is 14.6. The zero-order valence-electron chi connectivity index (χ0n) is 24.0. The Hall–Kier alpha value is -2.94. The maximum absolute atomic E-state index is 12.1. The summed E-state index contributed by atoms with van der Waals surface area (Å²) in [5.74, 6) is 0.498. The highest BCUT2D eigenvalue weighted by Gasteiger charge is 2.44. The van der Waals surface area contributed by atoms with Gasteiger partial charge >= 0.3 is 0 Å². The molecule has 2 heterocycles. The number of nitrogens with zero attached hydrogens (tertiary/aromatic N) is 2. The molecular weight excluding hydrogens is 452 g/mol. The van der Waals surface area contributed by atoms with Gasteiger partial charge in [-0.05, 0) is 44.4 Å². The number of fused-ring (bicyclic) bond motifs is 2. The van der Waals surface area contributed by atoms with Crippen LogP contribution in [0.1, 0.15) is 85.3 Å². The molecule has 196 valence electrons. The number of hydrogen-bond donors (Lipinski definition) is 0. The lowest BCUT2D eigenvalue weighted by atomic mass is 9.81. The topological polar surface area (TPSA) is 23.3 Å². The SMILES string of the molecule is CCC[N+]1=C(/C=C/C=C2/N(CCCCC(=O)C(C)C)c3ccccc3C2(C)C)C(C)(C)c2ccccc21. The molecule has 0 aliphatic carbocycles. The van der Waals surface area contributed by atoms with Crippen LogP contribution in [-0.2, 0) is 15.6 Å². The van der Waals surface area contributed by atoms with Crippen LogP contribution in [0.25, 0.3) is 0 Å². The van der Waals surface area contributed by atoms with Crippen LogP contribution in [0.2, 0.25) is 0 Å². The molecule has 2 aliphatic rings. The fourth-order valence-electron chi connectivity index (χ4n) is 6.08. The van der Waals surface area contributed by atoms with Gasteiger partial charge in [-0.15, -0.1) is 0 Å². The van der Waals surface area contributed by atoms with Crippen LogP contribution in [0.3, 0.4) is 0 Å². The second-order valence-corrected chi connectivity index (χ2v) is 12.0. The van der Waals surface area contributed by atoms with Crippen molar-refractivity contribution < 1.29 is 9.37 Å². The third-order valence-corrected chi connectivity index (χ3v) is 8.25. The van der Waals surface area contributed by atoms with Gasteiger partial charge in [-0.1, -0.05) is 77.1 Å². The van der Waals surface area contributed by atoms with Crippen LogP contribution in [0.4, 0.5) is 11.4 Å². The van der Waals surface area contributed by atoms with Crippen LogP contribution in [0.5, 0.6) is 0 Å². The number of rotatable bonds is 10. The maximum atomic E-state index is 12.1. The van der Waals surface area contributed by atoms with E-state index in [9.17, 15) is 4.79 Å². The minimum Gasteiger partial charge on any atom is -0.344 e. The third kappa shape index (κ3) is 5.10. The molecule has 2 aromatic rings. The smallest absolute Gasteiger partial charge is 0.209 e. The van der Waals surface area contributed by atoms with Crippen molar-refractivity contribution in [1.82, 2.24) is 0 Å². The van der Waals surface area contributed by atoms with E-state index in [1.165, 1.54) is 33.9 Å². The summed E-state index contributed by atoms with van der Waals surface area (Å²) in [5, 5.41) is 0. The molecule has 0 fully saturated rings. The van der Waals surface area contributed by atoms with Gasteiger partial charge in [0.1, 0.15) is 12.3 Å². The van der Waals surface area contributed by atoms with E-state index in [1.54, 1.807) is 0 Å². The number of unbranched alkanes of at least 4 members (excludes halogenated alkanes) is 1. The monoisotopic (exact) mass is 497 g/mol. The Morgan fingerprint density at radius 3 is 2.32 bits per heavy atom. The molecule has 2 aromatic carbocycles. The summed E-state index contributed by atoms with van der Waals surface area (Å²) in [5.41, 5.74) is 8.01. The molecule has 0 amide bonds. The Bertz CT molecular complexity index is 1240. The Morgan fingerprint density at radius 1 is 0.946 bits per heavy atom. The normalized spacial score (nSPS) is 18.8. The van der Waals surface area contributed by atoms with Gasteiger partial charge in [0.15, 0.2) is 5.71 Å². The molecule has 0 bridgehead atoms. The van der Waals surface area contributed by atoms with E-state index >= 15 is 0 Å². The van der Waals surface area contributed by atoms with Crippen LogP contribution in [0.15, 0.2) is 72.5 Å². The lowest BCUT2D eigenvalue weighted by molar-refractivity contribution is -0.437. The van der Waals surface area contributed by atoms with Crippen molar-refractivity contribution in [3.8, 4) is 0 Å². The summed E-state index contributed by atoms with van der Waals surface area (Å²) >= 11 is 0. The summed E-state index contributed by atoms with van der Waals surface area (Å²) in [6.45, 7) is 17.6. The quantitative estimate of drug-likeness (QED) is 0.244. The van der Waals surface area contributed by atoms with Gasteiger partial charge in [0, 0.05) is 59.8 Å². The summed E-state index contributed by atoms with van der Waals surface area (Å²) < 4.78 is 2.50. The molecule has 0 unspecified atom stereocenters. The van der Waals surface area contributed by atoms with E-state index in [1.807, 2.05) is 13.8 Å². The fourth-order valence-corrected chi connectivity index (χ4v) is 6.08. The summed E-state index contributed by atoms with van der Waals surface area (Å²) in [6, 6.07) is 17.6. The van der Waals surface area contributed by atoms with Gasteiger partial charge in [0.2, 0.25) is 5.69 Å². The Balaban J connectivity index is 1.64. The number of benzene rings is 2. The van der Waals surface area contributed by atoms with E-state index < -0.39 is 0 Å². The number of anilines is 1. The molecule has 0 radical (unpaired) electrons. The van der Waals surface area contributed by atoms with Crippen molar-refractivity contribution in [2.24, 2.45) is 5.92 Å². The van der Waals surface area contributed by atoms with Crippen LogP contribution in [-0.4, -0.2) is 29.2 Å². The molecule has 2 aliphatic heterocycles. The molecule has 0 spiro atoms. The van der Waals surface area contributed by atoms with Crippen molar-refractivity contribution in [3.05, 3.63) is 83.6 Å². The molecule has 0 aromatic heterocycles. The first-order chi connectivity index (χ1) is 17.6. The Kier molecular flexibility index (Phi) is 7.92. The molecule has 0 N–H and O–H groups in total. The second kappa shape index (κ2) is 10.8. The number of carbonyl (C=O) groups excluding carboxylic acids is 1. The zero-order chi connectivity index (χ0) is 26.8. The lowest BCUT2D eigenvalue weighted by Gasteiger charge is -2.27. The van der Waals surface area contributed by atoms with E-state index in [0.29, 0.717) is 12.2 Å². The zero-order valence-corrected chi connectivity index (χ0v) is 24.0. The molecule has 37 heavy (non-hydrogen) atoms. The minimum absolute atomic E-state index is 0.0302. The fraction of sp³-hybridized carbons (Fsp3) is 0.471. The third-order valence-electron chi connectivity index (χ3n) is 8.25. The van der Waals surface area contributed by atoms with Crippen molar-refractivity contribution >= 4 is 22.9 Å². The van der Waals surface area contributed by atoms with E-state index in [4.69, 9.17) is 0 Å². The highest BCUT2D eigenvalue weighted by molar-refractivity contribution is 6.03. The summed E-state index contributed by atoms with van der Waals surface area (Å²) in [6.07, 6.45) is 10.7. The van der Waals surface area contributed by atoms with Gasteiger partial charge in [0.05, 0.1) is 5.41 Å². The van der Waals surface area contributed by atoms with Gasteiger partial charge in [0.25, 0.3) is 0 Å². The van der Waals surface area contributed by atoms with Gasteiger partial charge in [-0.3, -0.25) is 4.79 Å². The number of allylic oxidation sites excluding steroid dienone is 4. The highest BCUT2D eigenvalue weighted by Crippen LogP contribution is 2.47. The number of hydrogen-bond acceptors (Lipinski definition) is 2. The molecule has 3 heteroatoms. The van der Waals surface area contributed by atoms with Gasteiger partial charge in [-0.25, -0.2) is 0 Å². The number of Topliss-reactive ketones (excluding diaryl/α,β-unsaturated/α-hetero) is 1. The van der Waals surface area contributed by atoms with Gasteiger partial charge in [-0.2, -0.15) is 4.58 Å². The molecule has 0 saturated heterocycles. The minimum atomic E-state index is -0.0728. The first kappa shape index (κ1) is 27.1. The Labute approximate surface area is 224 Å². The van der Waals surface area contributed by atoms with Crippen LogP contribution >= 0.6 is 0 Å². The van der Waals surface area contributed by atoms with E-state index in [-0.39, 0.29) is 16.7 Å². The average Bonchev–Trinajstić information content (AvgIpc) is 3.21. The van der Waals surface area contributed by atoms with Crippen molar-refractivity contribution in [2.45, 2.75) is 85.0 Å². The molecule has 3 nitrogen and oxygen atoms in total. The standard InChI is InChI=1S/C34H45N2O/c1-8-23-35-28-18-11-9-16-26(28)33(4,5)31(35)21-15-22-32-34(6,7)27-17-10-12-19-29(27)36(32)24-14-13-20-30(37)25(2)3/h9-12,15-19,21-22,25H,8,13-14,20,23-24H2,1-7H3/q+1. The lowest BCUT2D eigenvalue weighted by Crippen LogP contribution is -2.28. The van der Waals surface area contributed by atoms with Crippen LogP contribution < -0.4 is 4.90 Å². The second-order valence-electron chi connectivity index (χ2n) is 12.0. The predicted octanol–water partition coefficient (Wildman–Crippen LogP) is 8.11. The Morgan fingerprint density at radius 2 is 1.62 bits per heavy atom. The van der Waals surface area contributed by atoms with E-state index in [2.05, 4.69) is 111 Å². The number of para-hydroxylation sites is 2. The first-order valence-corrected chi connectivity index (χ1v) is 14.1. The first-order valence-electron chi connectivity index (χ1n) is 14.1. The van der Waals surface area contributed by atoms with E-state index in [0.717, 1.165) is 32.4 Å². The number of ketones is 1. The molecular formula is C34H45N2O+. The molecule has 4 rings (SSSR count). The van der Waals surface area contributed by atoms with Gasteiger partial charge < -0.3 is 4.90 Å². The summed E-state index contributed by atoms with van der Waals surface area (Å²) in [7, 11) is 0. The average molecular weight is 498 g/mol. The highest BCUT2D eigenvalue weighted by atomic mass is 16.1. The van der Waals surface area contributed by atoms with Crippen LogP contribution in [0, 0.1) is 5.92 Å². The van der Waals surface area contributed by atoms with Crippen molar-refractivity contribution in [3.63, 3.8) is 0 Å². The molecule has 0 saturated carbocycles. The number of carbonyl (C=O) groups is 1. The largest absolute Gasteiger partial charge is 0.344 e. The van der Waals surface area contributed by atoms with Crippen molar-refractivity contribution in [1.29, 1.82) is 0 Å².